The van der Waals surface area contributed by atoms with Crippen molar-refractivity contribution < 1.29 is 4.79 Å². The summed E-state index contributed by atoms with van der Waals surface area (Å²) >= 11 is 0. The number of fused-ring (bicyclic) bond motifs is 1. The van der Waals surface area contributed by atoms with E-state index < -0.39 is 0 Å². The molecule has 1 aromatic heterocycles. The van der Waals surface area contributed by atoms with Crippen LogP contribution in [0.3, 0.4) is 0 Å². The molecule has 124 valence electrons. The van der Waals surface area contributed by atoms with E-state index in [4.69, 9.17) is 0 Å². The van der Waals surface area contributed by atoms with Crippen molar-refractivity contribution in [3.63, 3.8) is 0 Å². The van der Waals surface area contributed by atoms with Gasteiger partial charge in [0.25, 0.3) is 5.91 Å². The van der Waals surface area contributed by atoms with E-state index in [-0.39, 0.29) is 11.6 Å². The highest BCUT2D eigenvalue weighted by Crippen LogP contribution is 2.19. The summed E-state index contributed by atoms with van der Waals surface area (Å²) in [6.07, 6.45) is 0. The minimum absolute atomic E-state index is 0.0906. The van der Waals surface area contributed by atoms with Crippen molar-refractivity contribution in [2.24, 2.45) is 14.1 Å². The number of benzene rings is 2. The summed E-state index contributed by atoms with van der Waals surface area (Å²) in [5.74, 6) is -0.181. The van der Waals surface area contributed by atoms with Crippen LogP contribution in [0.4, 0.5) is 11.4 Å². The first-order chi connectivity index (χ1) is 11.4. The predicted octanol–water partition coefficient (Wildman–Crippen LogP) is 2.20. The van der Waals surface area contributed by atoms with E-state index in [9.17, 15) is 9.59 Å². The highest BCUT2D eigenvalue weighted by atomic mass is 16.2. The molecule has 0 radical (unpaired) electrons. The number of nitrogens with zero attached hydrogens (tertiary/aromatic N) is 3. The third-order valence-corrected chi connectivity index (χ3v) is 4.15. The van der Waals surface area contributed by atoms with Crippen LogP contribution in [0.5, 0.6) is 0 Å². The van der Waals surface area contributed by atoms with Gasteiger partial charge in [-0.15, -0.1) is 0 Å². The Labute approximate surface area is 139 Å². The van der Waals surface area contributed by atoms with Crippen molar-refractivity contribution in [1.29, 1.82) is 0 Å². The maximum Gasteiger partial charge on any atom is 0.328 e. The minimum Gasteiger partial charge on any atom is -0.378 e. The number of carbonyl (C=O) groups excluding carboxylic acids is 1. The van der Waals surface area contributed by atoms with Crippen LogP contribution in [0.25, 0.3) is 11.0 Å². The van der Waals surface area contributed by atoms with Crippen LogP contribution in [-0.4, -0.2) is 29.1 Å². The number of aryl methyl sites for hydroxylation is 2. The van der Waals surface area contributed by atoms with Gasteiger partial charge in [-0.3, -0.25) is 13.9 Å². The predicted molar refractivity (Wildman–Crippen MR) is 96.9 cm³/mol. The van der Waals surface area contributed by atoms with E-state index in [2.05, 4.69) is 5.32 Å². The third kappa shape index (κ3) is 2.67. The standard InChI is InChI=1S/C18H20N4O2/c1-20(2)14-7-5-6-12(10-14)17(23)19-13-8-9-15-16(11-13)22(4)18(24)21(15)3/h5-11H,1-4H3,(H,19,23). The molecule has 0 aliphatic rings. The number of imidazole rings is 1. The quantitative estimate of drug-likeness (QED) is 0.803. The summed E-state index contributed by atoms with van der Waals surface area (Å²) in [5.41, 5.74) is 3.72. The van der Waals surface area contributed by atoms with E-state index in [1.807, 2.05) is 49.3 Å². The summed E-state index contributed by atoms with van der Waals surface area (Å²) in [5, 5.41) is 2.89. The Kier molecular flexibility index (Phi) is 3.89. The second kappa shape index (κ2) is 5.88. The Morgan fingerprint density at radius 2 is 1.71 bits per heavy atom. The van der Waals surface area contributed by atoms with Crippen molar-refractivity contribution >= 4 is 28.3 Å². The lowest BCUT2D eigenvalue weighted by molar-refractivity contribution is 0.102. The lowest BCUT2D eigenvalue weighted by Crippen LogP contribution is -2.19. The number of aromatic nitrogens is 2. The number of amides is 1. The van der Waals surface area contributed by atoms with E-state index in [1.165, 1.54) is 0 Å². The summed E-state index contributed by atoms with van der Waals surface area (Å²) in [4.78, 5) is 26.4. The van der Waals surface area contributed by atoms with Gasteiger partial charge in [-0.05, 0) is 36.4 Å². The molecule has 24 heavy (non-hydrogen) atoms. The lowest BCUT2D eigenvalue weighted by Gasteiger charge is -2.13. The molecule has 2 aromatic carbocycles. The Morgan fingerprint density at radius 1 is 1.00 bits per heavy atom. The highest BCUT2D eigenvalue weighted by Gasteiger charge is 2.11. The molecule has 3 rings (SSSR count). The zero-order valence-electron chi connectivity index (χ0n) is 14.2. The number of hydrogen-bond donors (Lipinski definition) is 1. The fourth-order valence-corrected chi connectivity index (χ4v) is 2.71. The van der Waals surface area contributed by atoms with Crippen LogP contribution in [0.1, 0.15) is 10.4 Å². The Hall–Kier alpha value is -3.02. The van der Waals surface area contributed by atoms with Gasteiger partial charge in [-0.1, -0.05) is 6.07 Å². The highest BCUT2D eigenvalue weighted by molar-refractivity contribution is 6.05. The molecule has 0 spiro atoms. The summed E-state index contributed by atoms with van der Waals surface area (Å²) in [6.45, 7) is 0. The Bertz CT molecular complexity index is 982. The maximum absolute atomic E-state index is 12.5. The zero-order valence-corrected chi connectivity index (χ0v) is 14.2. The van der Waals surface area contributed by atoms with Crippen molar-refractivity contribution in [3.05, 3.63) is 58.5 Å². The summed E-state index contributed by atoms with van der Waals surface area (Å²) in [7, 11) is 7.31. The second-order valence-corrected chi connectivity index (χ2v) is 6.00. The van der Waals surface area contributed by atoms with E-state index in [0.717, 1.165) is 16.7 Å². The Morgan fingerprint density at radius 3 is 2.42 bits per heavy atom. The van der Waals surface area contributed by atoms with Crippen LogP contribution in [0, 0.1) is 0 Å². The van der Waals surface area contributed by atoms with E-state index in [1.54, 1.807) is 35.4 Å². The fourth-order valence-electron chi connectivity index (χ4n) is 2.71. The van der Waals surface area contributed by atoms with Gasteiger partial charge in [-0.25, -0.2) is 4.79 Å². The second-order valence-electron chi connectivity index (χ2n) is 6.00. The van der Waals surface area contributed by atoms with Gasteiger partial charge in [-0.2, -0.15) is 0 Å². The van der Waals surface area contributed by atoms with Crippen molar-refractivity contribution in [3.8, 4) is 0 Å². The average molecular weight is 324 g/mol. The minimum atomic E-state index is -0.181. The largest absolute Gasteiger partial charge is 0.378 e. The molecule has 0 bridgehead atoms. The number of carbonyl (C=O) groups is 1. The van der Waals surface area contributed by atoms with Crippen LogP contribution in [-0.2, 0) is 14.1 Å². The van der Waals surface area contributed by atoms with Crippen LogP contribution in [0.15, 0.2) is 47.3 Å². The number of rotatable bonds is 3. The van der Waals surface area contributed by atoms with Gasteiger partial charge < -0.3 is 10.2 Å². The molecule has 0 aliphatic heterocycles. The molecule has 0 atom stereocenters. The molecule has 0 aliphatic carbocycles. The van der Waals surface area contributed by atoms with Crippen molar-refractivity contribution in [2.45, 2.75) is 0 Å². The molecule has 6 nitrogen and oxygen atoms in total. The molecular weight excluding hydrogens is 304 g/mol. The van der Waals surface area contributed by atoms with Crippen LogP contribution < -0.4 is 15.9 Å². The first kappa shape index (κ1) is 15.9. The maximum atomic E-state index is 12.5. The summed E-state index contributed by atoms with van der Waals surface area (Å²) < 4.78 is 3.15. The topological polar surface area (TPSA) is 59.3 Å². The van der Waals surface area contributed by atoms with Gasteiger partial charge in [0.1, 0.15) is 0 Å². The molecule has 1 heterocycles. The van der Waals surface area contributed by atoms with Gasteiger partial charge >= 0.3 is 5.69 Å². The molecule has 0 fully saturated rings. The molecule has 1 N–H and O–H groups in total. The fraction of sp³-hybridized carbons (Fsp3) is 0.222. The molecule has 0 unspecified atom stereocenters. The van der Waals surface area contributed by atoms with E-state index in [0.29, 0.717) is 11.3 Å². The number of nitrogens with one attached hydrogen (secondary N) is 1. The summed E-state index contributed by atoms with van der Waals surface area (Å²) in [6, 6.07) is 12.9. The van der Waals surface area contributed by atoms with Gasteiger partial charge in [0.15, 0.2) is 0 Å². The SMILES string of the molecule is CN(C)c1cccc(C(=O)Nc2ccc3c(c2)n(C)c(=O)n3C)c1. The smallest absolute Gasteiger partial charge is 0.328 e. The lowest BCUT2D eigenvalue weighted by atomic mass is 10.1. The zero-order chi connectivity index (χ0) is 17.4. The molecule has 1 amide bonds. The molecule has 0 saturated carbocycles. The van der Waals surface area contributed by atoms with Crippen LogP contribution in [0.2, 0.25) is 0 Å². The monoisotopic (exact) mass is 324 g/mol. The average Bonchev–Trinajstić information content (AvgIpc) is 2.79. The third-order valence-electron chi connectivity index (χ3n) is 4.15. The Balaban J connectivity index is 1.92. The van der Waals surface area contributed by atoms with Crippen molar-refractivity contribution in [1.82, 2.24) is 9.13 Å². The number of hydrogen-bond acceptors (Lipinski definition) is 3. The van der Waals surface area contributed by atoms with Crippen molar-refractivity contribution in [2.75, 3.05) is 24.3 Å². The van der Waals surface area contributed by atoms with Gasteiger partial charge in [0.05, 0.1) is 11.0 Å². The normalized spacial score (nSPS) is 10.8. The van der Waals surface area contributed by atoms with Gasteiger partial charge in [0.2, 0.25) is 0 Å². The van der Waals surface area contributed by atoms with Crippen LogP contribution >= 0.6 is 0 Å². The van der Waals surface area contributed by atoms with Gasteiger partial charge in [0, 0.05) is 45.1 Å². The first-order valence-electron chi connectivity index (χ1n) is 7.62. The number of anilines is 2. The molecule has 3 aromatic rings. The molecule has 6 heteroatoms. The molecule has 0 saturated heterocycles. The van der Waals surface area contributed by atoms with E-state index >= 15 is 0 Å². The molecular formula is C18H20N4O2. The first-order valence-corrected chi connectivity index (χ1v) is 7.62.